The van der Waals surface area contributed by atoms with Gasteiger partial charge in [0.1, 0.15) is 0 Å². The standard InChI is InChI=1S/C17H18N2S2/c1-12(2)18-11-13-7-3-5-9-15(13)20-17-19-14-8-4-6-10-16(14)21-17/h3-10,12,18H,11H2,1-2H3. The van der Waals surface area contributed by atoms with Gasteiger partial charge >= 0.3 is 0 Å². The number of nitrogens with zero attached hydrogens (tertiary/aromatic N) is 1. The minimum atomic E-state index is 0.491. The van der Waals surface area contributed by atoms with E-state index < -0.39 is 0 Å². The van der Waals surface area contributed by atoms with Crippen molar-refractivity contribution >= 4 is 33.3 Å². The van der Waals surface area contributed by atoms with Crippen LogP contribution >= 0.6 is 23.1 Å². The molecule has 4 heteroatoms. The van der Waals surface area contributed by atoms with Gasteiger partial charge in [-0.2, -0.15) is 0 Å². The minimum absolute atomic E-state index is 0.491. The van der Waals surface area contributed by atoms with Crippen molar-refractivity contribution < 1.29 is 0 Å². The summed E-state index contributed by atoms with van der Waals surface area (Å²) in [6, 6.07) is 17.3. The molecule has 0 saturated heterocycles. The number of thiazole rings is 1. The van der Waals surface area contributed by atoms with Crippen LogP contribution in [0.5, 0.6) is 0 Å². The second-order valence-electron chi connectivity index (χ2n) is 5.19. The highest BCUT2D eigenvalue weighted by Crippen LogP contribution is 2.35. The third kappa shape index (κ3) is 3.64. The van der Waals surface area contributed by atoms with Gasteiger partial charge in [-0.1, -0.05) is 55.9 Å². The van der Waals surface area contributed by atoms with Gasteiger partial charge in [0, 0.05) is 17.5 Å². The maximum atomic E-state index is 4.71. The Balaban J connectivity index is 1.83. The van der Waals surface area contributed by atoms with E-state index in [4.69, 9.17) is 4.98 Å². The molecule has 0 fully saturated rings. The zero-order chi connectivity index (χ0) is 14.7. The number of hydrogen-bond acceptors (Lipinski definition) is 4. The maximum Gasteiger partial charge on any atom is 0.155 e. The molecule has 21 heavy (non-hydrogen) atoms. The molecule has 0 spiro atoms. The first kappa shape index (κ1) is 14.6. The Morgan fingerprint density at radius 1 is 1.10 bits per heavy atom. The lowest BCUT2D eigenvalue weighted by atomic mass is 10.2. The van der Waals surface area contributed by atoms with Crippen LogP contribution < -0.4 is 5.32 Å². The average molecular weight is 314 g/mol. The average Bonchev–Trinajstić information content (AvgIpc) is 2.88. The molecule has 0 bridgehead atoms. The molecular formula is C17H18N2S2. The zero-order valence-corrected chi connectivity index (χ0v) is 13.8. The molecule has 1 N–H and O–H groups in total. The number of rotatable bonds is 5. The fourth-order valence-corrected chi connectivity index (χ4v) is 4.20. The van der Waals surface area contributed by atoms with Crippen LogP contribution in [0.2, 0.25) is 0 Å². The predicted octanol–water partition coefficient (Wildman–Crippen LogP) is 4.95. The van der Waals surface area contributed by atoms with Crippen LogP contribution in [-0.4, -0.2) is 11.0 Å². The summed E-state index contributed by atoms with van der Waals surface area (Å²) in [6.07, 6.45) is 0. The normalized spacial score (nSPS) is 11.4. The Labute approximate surface area is 133 Å². The van der Waals surface area contributed by atoms with Crippen molar-refractivity contribution in [3.05, 3.63) is 54.1 Å². The molecule has 0 unspecified atom stereocenters. The summed E-state index contributed by atoms with van der Waals surface area (Å²) in [5, 5.41) is 3.48. The van der Waals surface area contributed by atoms with E-state index in [0.29, 0.717) is 6.04 Å². The zero-order valence-electron chi connectivity index (χ0n) is 12.2. The van der Waals surface area contributed by atoms with Gasteiger partial charge in [-0.25, -0.2) is 4.98 Å². The molecule has 0 aliphatic carbocycles. The second kappa shape index (κ2) is 6.60. The fourth-order valence-electron chi connectivity index (χ4n) is 2.05. The highest BCUT2D eigenvalue weighted by atomic mass is 32.2. The quantitative estimate of drug-likeness (QED) is 0.721. The monoisotopic (exact) mass is 314 g/mol. The Kier molecular flexibility index (Phi) is 4.58. The highest BCUT2D eigenvalue weighted by Gasteiger charge is 2.08. The smallest absolute Gasteiger partial charge is 0.155 e. The van der Waals surface area contributed by atoms with E-state index in [1.165, 1.54) is 15.2 Å². The molecule has 0 aliphatic heterocycles. The Bertz CT molecular complexity index is 701. The van der Waals surface area contributed by atoms with Crippen LogP contribution in [0.1, 0.15) is 19.4 Å². The number of hydrogen-bond donors (Lipinski definition) is 1. The van der Waals surface area contributed by atoms with Gasteiger partial charge in [0.2, 0.25) is 0 Å². The topological polar surface area (TPSA) is 24.9 Å². The maximum absolute atomic E-state index is 4.71. The predicted molar refractivity (Wildman–Crippen MR) is 92.2 cm³/mol. The third-order valence-corrected chi connectivity index (χ3v) is 5.36. The van der Waals surface area contributed by atoms with Gasteiger partial charge in [0.05, 0.1) is 10.2 Å². The molecule has 1 heterocycles. The highest BCUT2D eigenvalue weighted by molar-refractivity contribution is 8.01. The van der Waals surface area contributed by atoms with E-state index in [9.17, 15) is 0 Å². The summed E-state index contributed by atoms with van der Waals surface area (Å²) in [5.74, 6) is 0. The van der Waals surface area contributed by atoms with Crippen molar-refractivity contribution in [2.24, 2.45) is 0 Å². The number of fused-ring (bicyclic) bond motifs is 1. The lowest BCUT2D eigenvalue weighted by molar-refractivity contribution is 0.585. The molecular weight excluding hydrogens is 296 g/mol. The van der Waals surface area contributed by atoms with E-state index in [1.807, 2.05) is 6.07 Å². The van der Waals surface area contributed by atoms with E-state index in [-0.39, 0.29) is 0 Å². The lowest BCUT2D eigenvalue weighted by Crippen LogP contribution is -2.22. The molecule has 0 saturated carbocycles. The second-order valence-corrected chi connectivity index (χ2v) is 7.51. The molecule has 3 rings (SSSR count). The Hall–Kier alpha value is -1.36. The molecule has 2 nitrogen and oxygen atoms in total. The molecule has 1 aromatic heterocycles. The van der Waals surface area contributed by atoms with Crippen molar-refractivity contribution in [1.82, 2.24) is 10.3 Å². The molecule has 0 radical (unpaired) electrons. The lowest BCUT2D eigenvalue weighted by Gasteiger charge is -2.11. The van der Waals surface area contributed by atoms with Gasteiger partial charge < -0.3 is 5.32 Å². The van der Waals surface area contributed by atoms with Crippen LogP contribution in [0.3, 0.4) is 0 Å². The van der Waals surface area contributed by atoms with E-state index in [1.54, 1.807) is 23.1 Å². The van der Waals surface area contributed by atoms with Crippen molar-refractivity contribution in [1.29, 1.82) is 0 Å². The third-order valence-electron chi connectivity index (χ3n) is 3.14. The van der Waals surface area contributed by atoms with Crippen LogP contribution in [0.4, 0.5) is 0 Å². The molecule has 0 aliphatic rings. The number of benzene rings is 2. The minimum Gasteiger partial charge on any atom is -0.310 e. The van der Waals surface area contributed by atoms with Crippen molar-refractivity contribution in [3.63, 3.8) is 0 Å². The summed E-state index contributed by atoms with van der Waals surface area (Å²) in [4.78, 5) is 5.99. The first-order chi connectivity index (χ1) is 10.2. The van der Waals surface area contributed by atoms with Gasteiger partial charge in [-0.15, -0.1) is 11.3 Å². The van der Waals surface area contributed by atoms with Crippen LogP contribution in [0, 0.1) is 0 Å². The van der Waals surface area contributed by atoms with Crippen LogP contribution in [0.15, 0.2) is 57.8 Å². The van der Waals surface area contributed by atoms with Gasteiger partial charge in [0.25, 0.3) is 0 Å². The van der Waals surface area contributed by atoms with Gasteiger partial charge in [0.15, 0.2) is 4.34 Å². The SMILES string of the molecule is CC(C)NCc1ccccc1Sc1nc2ccccc2s1. The van der Waals surface area contributed by atoms with E-state index in [0.717, 1.165) is 16.4 Å². The summed E-state index contributed by atoms with van der Waals surface area (Å²) in [7, 11) is 0. The van der Waals surface area contributed by atoms with Gasteiger partial charge in [-0.3, -0.25) is 0 Å². The summed E-state index contributed by atoms with van der Waals surface area (Å²) in [5.41, 5.74) is 2.42. The van der Waals surface area contributed by atoms with Gasteiger partial charge in [-0.05, 0) is 23.8 Å². The van der Waals surface area contributed by atoms with Crippen molar-refractivity contribution in [2.75, 3.05) is 0 Å². The van der Waals surface area contributed by atoms with Crippen LogP contribution in [-0.2, 0) is 6.54 Å². The van der Waals surface area contributed by atoms with E-state index in [2.05, 4.69) is 61.6 Å². The fraction of sp³-hybridized carbons (Fsp3) is 0.235. The molecule has 108 valence electrons. The summed E-state index contributed by atoms with van der Waals surface area (Å²) >= 11 is 3.52. The molecule has 0 atom stereocenters. The number of aromatic nitrogens is 1. The van der Waals surface area contributed by atoms with Crippen molar-refractivity contribution in [3.8, 4) is 0 Å². The largest absolute Gasteiger partial charge is 0.310 e. The van der Waals surface area contributed by atoms with E-state index >= 15 is 0 Å². The first-order valence-electron chi connectivity index (χ1n) is 7.07. The molecule has 0 amide bonds. The first-order valence-corrected chi connectivity index (χ1v) is 8.70. The molecule has 2 aromatic carbocycles. The Morgan fingerprint density at radius 2 is 1.86 bits per heavy atom. The Morgan fingerprint density at radius 3 is 2.67 bits per heavy atom. The van der Waals surface area contributed by atoms with Crippen molar-refractivity contribution in [2.45, 2.75) is 35.7 Å². The number of para-hydroxylation sites is 1. The summed E-state index contributed by atoms with van der Waals surface area (Å²) < 4.78 is 2.35. The number of nitrogens with one attached hydrogen (secondary N) is 1. The summed E-state index contributed by atoms with van der Waals surface area (Å²) in [6.45, 7) is 5.23. The molecule has 3 aromatic rings. The van der Waals surface area contributed by atoms with Crippen LogP contribution in [0.25, 0.3) is 10.2 Å².